The topological polar surface area (TPSA) is 87.7 Å². The van der Waals surface area contributed by atoms with Crippen LogP contribution in [0.2, 0.25) is 0 Å². The maximum atomic E-state index is 12.4. The van der Waals surface area contributed by atoms with Gasteiger partial charge in [-0.1, -0.05) is 29.8 Å². The molecule has 0 unspecified atom stereocenters. The maximum absolute atomic E-state index is 12.4. The molecular formula is C20H18N4O2S2. The van der Waals surface area contributed by atoms with Crippen molar-refractivity contribution in [3.63, 3.8) is 0 Å². The van der Waals surface area contributed by atoms with Gasteiger partial charge < -0.3 is 4.98 Å². The van der Waals surface area contributed by atoms with Gasteiger partial charge in [0.25, 0.3) is 10.0 Å². The molecule has 0 bridgehead atoms. The molecule has 142 valence electrons. The van der Waals surface area contributed by atoms with E-state index in [4.69, 9.17) is 0 Å². The Morgan fingerprint density at radius 2 is 1.93 bits per heavy atom. The number of rotatable bonds is 6. The normalized spacial score (nSPS) is 11.5. The van der Waals surface area contributed by atoms with Crippen LogP contribution in [0.4, 0.5) is 5.13 Å². The predicted octanol–water partition coefficient (Wildman–Crippen LogP) is 4.23. The fraction of sp³-hybridized carbons (Fsp3) is 0.100. The lowest BCUT2D eigenvalue weighted by Gasteiger charge is -2.06. The number of nitrogens with one attached hydrogen (secondary N) is 2. The maximum Gasteiger partial charge on any atom is 0.263 e. The molecule has 0 spiro atoms. The van der Waals surface area contributed by atoms with Crippen LogP contribution >= 0.6 is 11.3 Å². The zero-order chi connectivity index (χ0) is 19.6. The van der Waals surface area contributed by atoms with Crippen molar-refractivity contribution in [3.05, 3.63) is 83.1 Å². The molecule has 4 aromatic rings. The quantitative estimate of drug-likeness (QED) is 0.498. The van der Waals surface area contributed by atoms with Gasteiger partial charge in [-0.05, 0) is 36.8 Å². The highest BCUT2D eigenvalue weighted by molar-refractivity contribution is 7.93. The number of H-pyrrole nitrogens is 1. The molecule has 0 amide bonds. The fourth-order valence-electron chi connectivity index (χ4n) is 2.88. The summed E-state index contributed by atoms with van der Waals surface area (Å²) in [5.41, 5.74) is 4.26. The number of nitrogens with zero attached hydrogens (tertiary/aromatic N) is 2. The third kappa shape index (κ3) is 4.13. The second-order valence-corrected chi connectivity index (χ2v) is 8.97. The number of aromatic amines is 1. The summed E-state index contributed by atoms with van der Waals surface area (Å²) in [5.74, 6) is 0.708. The number of aromatic nitrogens is 3. The fourth-order valence-corrected chi connectivity index (χ4v) is 4.67. The summed E-state index contributed by atoms with van der Waals surface area (Å²) >= 11 is 1.23. The minimum absolute atomic E-state index is 0.179. The van der Waals surface area contributed by atoms with Crippen LogP contribution in [0, 0.1) is 6.92 Å². The van der Waals surface area contributed by atoms with E-state index in [-0.39, 0.29) is 4.90 Å². The van der Waals surface area contributed by atoms with Crippen molar-refractivity contribution < 1.29 is 8.42 Å². The van der Waals surface area contributed by atoms with Gasteiger partial charge in [0.2, 0.25) is 0 Å². The van der Waals surface area contributed by atoms with Crippen LogP contribution in [0.25, 0.3) is 11.4 Å². The first-order valence-corrected chi connectivity index (χ1v) is 11.0. The van der Waals surface area contributed by atoms with Gasteiger partial charge in [0, 0.05) is 35.5 Å². The highest BCUT2D eigenvalue weighted by Gasteiger charge is 2.16. The van der Waals surface area contributed by atoms with Crippen molar-refractivity contribution in [2.24, 2.45) is 0 Å². The summed E-state index contributed by atoms with van der Waals surface area (Å²) < 4.78 is 27.3. The van der Waals surface area contributed by atoms with E-state index in [0.29, 0.717) is 11.0 Å². The molecule has 0 fully saturated rings. The Labute approximate surface area is 167 Å². The van der Waals surface area contributed by atoms with E-state index in [1.165, 1.54) is 22.5 Å². The number of imidazole rings is 1. The van der Waals surface area contributed by atoms with E-state index >= 15 is 0 Å². The van der Waals surface area contributed by atoms with Crippen molar-refractivity contribution in [2.45, 2.75) is 18.2 Å². The van der Waals surface area contributed by atoms with Gasteiger partial charge in [0.05, 0.1) is 4.90 Å². The van der Waals surface area contributed by atoms with E-state index < -0.39 is 10.0 Å². The molecule has 0 saturated carbocycles. The molecule has 0 radical (unpaired) electrons. The molecule has 28 heavy (non-hydrogen) atoms. The number of anilines is 1. The monoisotopic (exact) mass is 410 g/mol. The molecule has 2 heterocycles. The van der Waals surface area contributed by atoms with E-state index in [9.17, 15) is 8.42 Å². The third-order valence-corrected chi connectivity index (χ3v) is 6.37. The van der Waals surface area contributed by atoms with Gasteiger partial charge in [-0.15, -0.1) is 11.3 Å². The van der Waals surface area contributed by atoms with E-state index in [0.717, 1.165) is 17.7 Å². The summed E-state index contributed by atoms with van der Waals surface area (Å²) in [5, 5.41) is 2.06. The van der Waals surface area contributed by atoms with E-state index in [1.807, 2.05) is 12.3 Å². The van der Waals surface area contributed by atoms with Crippen molar-refractivity contribution in [1.82, 2.24) is 15.0 Å². The summed E-state index contributed by atoms with van der Waals surface area (Å²) in [6.45, 7) is 2.07. The first-order valence-electron chi connectivity index (χ1n) is 8.62. The largest absolute Gasteiger partial charge is 0.342 e. The van der Waals surface area contributed by atoms with Gasteiger partial charge in [0.15, 0.2) is 5.13 Å². The van der Waals surface area contributed by atoms with Gasteiger partial charge in [-0.2, -0.15) is 0 Å². The molecular weight excluding hydrogens is 392 g/mol. The molecule has 6 nitrogen and oxygen atoms in total. The Balaban J connectivity index is 1.50. The van der Waals surface area contributed by atoms with Gasteiger partial charge in [-0.25, -0.2) is 18.4 Å². The first-order chi connectivity index (χ1) is 13.5. The van der Waals surface area contributed by atoms with E-state index in [2.05, 4.69) is 44.8 Å². The average molecular weight is 411 g/mol. The SMILES string of the molecule is Cc1cccc(Cc2cnc(-c3ccc(S(=O)(=O)Nc4nccs4)cc3)[nH]2)c1. The second kappa shape index (κ2) is 7.57. The van der Waals surface area contributed by atoms with Crippen molar-refractivity contribution in [3.8, 4) is 11.4 Å². The van der Waals surface area contributed by atoms with Gasteiger partial charge in [0.1, 0.15) is 5.82 Å². The van der Waals surface area contributed by atoms with Crippen LogP contribution in [-0.2, 0) is 16.4 Å². The van der Waals surface area contributed by atoms with Crippen LogP contribution in [0.5, 0.6) is 0 Å². The Morgan fingerprint density at radius 3 is 2.64 bits per heavy atom. The standard InChI is InChI=1S/C20H18N4O2S2/c1-14-3-2-4-15(11-14)12-17-13-22-19(23-17)16-5-7-18(8-6-16)28(25,26)24-20-21-9-10-27-20/h2-11,13H,12H2,1H3,(H,21,24)(H,22,23). The van der Waals surface area contributed by atoms with Crippen LogP contribution < -0.4 is 4.72 Å². The molecule has 2 aromatic heterocycles. The molecule has 8 heteroatoms. The predicted molar refractivity (Wildman–Crippen MR) is 111 cm³/mol. The zero-order valence-electron chi connectivity index (χ0n) is 15.1. The summed E-state index contributed by atoms with van der Waals surface area (Å²) in [4.78, 5) is 11.9. The molecule has 0 aliphatic carbocycles. The Hall–Kier alpha value is -2.97. The highest BCUT2D eigenvalue weighted by Crippen LogP contribution is 2.22. The lowest BCUT2D eigenvalue weighted by atomic mass is 10.1. The Kier molecular flexibility index (Phi) is 4.97. The number of aryl methyl sites for hydroxylation is 1. The number of hydrogen-bond acceptors (Lipinski definition) is 5. The number of sulfonamides is 1. The molecule has 4 rings (SSSR count). The summed E-state index contributed by atoms with van der Waals surface area (Å²) in [6, 6.07) is 15.0. The molecule has 0 atom stereocenters. The van der Waals surface area contributed by atoms with Crippen molar-refractivity contribution >= 4 is 26.5 Å². The summed E-state index contributed by atoms with van der Waals surface area (Å²) in [7, 11) is -3.65. The smallest absolute Gasteiger partial charge is 0.263 e. The number of benzene rings is 2. The van der Waals surface area contributed by atoms with E-state index in [1.54, 1.807) is 35.8 Å². The van der Waals surface area contributed by atoms with Gasteiger partial charge >= 0.3 is 0 Å². The molecule has 0 aliphatic heterocycles. The van der Waals surface area contributed by atoms with Crippen LogP contribution in [0.3, 0.4) is 0 Å². The minimum atomic E-state index is -3.65. The Bertz CT molecular complexity index is 1180. The lowest BCUT2D eigenvalue weighted by Crippen LogP contribution is -2.12. The Morgan fingerprint density at radius 1 is 1.11 bits per heavy atom. The number of hydrogen-bond donors (Lipinski definition) is 2. The number of thiazole rings is 1. The van der Waals surface area contributed by atoms with Crippen LogP contribution in [-0.4, -0.2) is 23.4 Å². The van der Waals surface area contributed by atoms with Crippen molar-refractivity contribution in [1.29, 1.82) is 0 Å². The van der Waals surface area contributed by atoms with Crippen LogP contribution in [0.1, 0.15) is 16.8 Å². The van der Waals surface area contributed by atoms with Crippen molar-refractivity contribution in [2.75, 3.05) is 4.72 Å². The average Bonchev–Trinajstić information content (AvgIpc) is 3.34. The minimum Gasteiger partial charge on any atom is -0.342 e. The second-order valence-electron chi connectivity index (χ2n) is 6.39. The lowest BCUT2D eigenvalue weighted by molar-refractivity contribution is 0.601. The third-order valence-electron chi connectivity index (χ3n) is 4.20. The summed E-state index contributed by atoms with van der Waals surface area (Å²) in [6.07, 6.45) is 4.13. The molecule has 0 aliphatic rings. The molecule has 2 N–H and O–H groups in total. The molecule has 0 saturated heterocycles. The highest BCUT2D eigenvalue weighted by atomic mass is 32.2. The van der Waals surface area contributed by atoms with Crippen LogP contribution in [0.15, 0.2) is 71.2 Å². The van der Waals surface area contributed by atoms with Gasteiger partial charge in [-0.3, -0.25) is 4.72 Å². The molecule has 2 aromatic carbocycles. The zero-order valence-corrected chi connectivity index (χ0v) is 16.7. The first kappa shape index (κ1) is 18.4.